The van der Waals surface area contributed by atoms with Crippen LogP contribution in [0.25, 0.3) is 0 Å². The molecule has 0 aromatic rings. The first kappa shape index (κ1) is 0.772. The molecule has 0 saturated carbocycles. The van der Waals surface area contributed by atoms with Crippen molar-refractivity contribution >= 4 is 0 Å². The van der Waals surface area contributed by atoms with Gasteiger partial charge in [0, 0.05) is 4.11 Å². The minimum absolute atomic E-state index is 1.54. The van der Waals surface area contributed by atoms with Gasteiger partial charge in [0.1, 0.15) is 6.56 Å². The number of hydrogen-bond donors (Lipinski definition) is 1. The van der Waals surface area contributed by atoms with Gasteiger partial charge in [-0.15, -0.1) is 5.92 Å². The standard InChI is InChI=1S/C4H6O/c1-2-3-4-5/h5H,4H2,1H3/i1D3,4D2. The fourth-order valence-electron chi connectivity index (χ4n) is 0.0280. The Morgan fingerprint density at radius 3 is 3.40 bits per heavy atom. The van der Waals surface area contributed by atoms with Crippen LogP contribution in [0.3, 0.4) is 0 Å². The summed E-state index contributed by atoms with van der Waals surface area (Å²) in [7, 11) is 0. The largest absolute Gasteiger partial charge is 0.384 e. The van der Waals surface area contributed by atoms with Crippen LogP contribution in [0, 0.1) is 11.8 Å². The Hall–Kier alpha value is -0.480. The quantitative estimate of drug-likeness (QED) is 0.402. The van der Waals surface area contributed by atoms with Crippen LogP contribution in [0.1, 0.15) is 13.7 Å². The number of hydrogen-bond acceptors (Lipinski definition) is 1. The lowest BCUT2D eigenvalue weighted by Crippen LogP contribution is -1.66. The summed E-state index contributed by atoms with van der Waals surface area (Å²) in [6, 6.07) is 0. The zero-order chi connectivity index (χ0) is 8.41. The molecule has 0 radical (unpaired) electrons. The van der Waals surface area contributed by atoms with Crippen molar-refractivity contribution in [3.63, 3.8) is 0 Å². The third kappa shape index (κ3) is 3.52. The SMILES string of the molecule is [2H]C([2H])([2H])C#CC([2H])([2H])O. The summed E-state index contributed by atoms with van der Waals surface area (Å²) in [6.07, 6.45) is 0. The van der Waals surface area contributed by atoms with Crippen molar-refractivity contribution in [2.24, 2.45) is 0 Å². The molecule has 0 aromatic carbocycles. The van der Waals surface area contributed by atoms with Crippen LogP contribution in [-0.4, -0.2) is 11.7 Å². The fourth-order valence-corrected chi connectivity index (χ4v) is 0.0280. The van der Waals surface area contributed by atoms with E-state index in [2.05, 4.69) is 0 Å². The van der Waals surface area contributed by atoms with Crippen molar-refractivity contribution in [1.29, 1.82) is 0 Å². The van der Waals surface area contributed by atoms with Crippen molar-refractivity contribution in [3.05, 3.63) is 0 Å². The third-order valence-electron chi connectivity index (χ3n) is 0.118. The molecule has 0 unspecified atom stereocenters. The van der Waals surface area contributed by atoms with Crippen LogP contribution in [-0.2, 0) is 0 Å². The van der Waals surface area contributed by atoms with Gasteiger partial charge in [-0.05, 0) is 6.85 Å². The van der Waals surface area contributed by atoms with Crippen molar-refractivity contribution in [2.45, 2.75) is 6.85 Å². The van der Waals surface area contributed by atoms with E-state index in [-0.39, 0.29) is 0 Å². The number of aliphatic hydroxyl groups is 1. The molecule has 0 atom stereocenters. The Bertz CT molecular complexity index is 147. The van der Waals surface area contributed by atoms with Gasteiger partial charge in [0.25, 0.3) is 0 Å². The van der Waals surface area contributed by atoms with Crippen LogP contribution in [0.15, 0.2) is 0 Å². The van der Waals surface area contributed by atoms with Gasteiger partial charge in [-0.1, -0.05) is 5.92 Å². The van der Waals surface area contributed by atoms with Crippen molar-refractivity contribution < 1.29 is 12.0 Å². The van der Waals surface area contributed by atoms with E-state index in [4.69, 9.17) is 12.0 Å². The lowest BCUT2D eigenvalue weighted by molar-refractivity contribution is 0.350. The maximum atomic E-state index is 8.29. The highest BCUT2D eigenvalue weighted by atomic mass is 16.2. The highest BCUT2D eigenvalue weighted by molar-refractivity contribution is 4.93. The smallest absolute Gasteiger partial charge is 0.104 e. The molecular formula is C4H6O. The second-order valence-corrected chi connectivity index (χ2v) is 0.362. The van der Waals surface area contributed by atoms with Crippen LogP contribution in [0.5, 0.6) is 0 Å². The average molecular weight is 75.1 g/mol. The normalized spacial score (nSPS) is 25.4. The molecule has 1 heteroatoms. The summed E-state index contributed by atoms with van der Waals surface area (Å²) in [5.41, 5.74) is 0. The molecular weight excluding hydrogens is 64.0 g/mol. The molecule has 0 bridgehead atoms. The summed E-state index contributed by atoms with van der Waals surface area (Å²) < 4.78 is 32.3. The molecule has 0 aromatic heterocycles. The van der Waals surface area contributed by atoms with Crippen LogP contribution in [0.4, 0.5) is 0 Å². The maximum absolute atomic E-state index is 8.29. The van der Waals surface area contributed by atoms with E-state index in [9.17, 15) is 0 Å². The maximum Gasteiger partial charge on any atom is 0.104 e. The Labute approximate surface area is 38.7 Å². The van der Waals surface area contributed by atoms with Gasteiger partial charge in [0.2, 0.25) is 0 Å². The molecule has 28 valence electrons. The Morgan fingerprint density at radius 2 is 3.20 bits per heavy atom. The molecule has 5 heavy (non-hydrogen) atoms. The minimum Gasteiger partial charge on any atom is -0.384 e. The third-order valence-corrected chi connectivity index (χ3v) is 0.118. The first-order chi connectivity index (χ1) is 4.21. The molecule has 0 saturated heterocycles. The predicted octanol–water partition coefficient (Wildman–Crippen LogP) is 0.00200. The van der Waals surface area contributed by atoms with Gasteiger partial charge < -0.3 is 5.11 Å². The summed E-state index contributed by atoms with van der Waals surface area (Å²) in [5, 5.41) is 8.29. The van der Waals surface area contributed by atoms with E-state index < -0.39 is 13.4 Å². The summed E-state index contributed by atoms with van der Waals surface area (Å²) >= 11 is 0. The van der Waals surface area contributed by atoms with Crippen LogP contribution < -0.4 is 0 Å². The Morgan fingerprint density at radius 1 is 2.40 bits per heavy atom. The first-order valence-corrected chi connectivity index (χ1v) is 0.974. The van der Waals surface area contributed by atoms with E-state index in [0.717, 1.165) is 0 Å². The zero-order valence-corrected chi connectivity index (χ0v) is 2.45. The molecule has 0 spiro atoms. The van der Waals surface area contributed by atoms with Gasteiger partial charge >= 0.3 is 0 Å². The molecule has 0 fully saturated rings. The zero-order valence-electron chi connectivity index (χ0n) is 7.45. The average Bonchev–Trinajstić information content (AvgIpc) is 1.57. The summed E-state index contributed by atoms with van der Waals surface area (Å²) in [6.45, 7) is -5.22. The van der Waals surface area contributed by atoms with Gasteiger partial charge in [-0.2, -0.15) is 0 Å². The van der Waals surface area contributed by atoms with E-state index in [1.165, 1.54) is 5.92 Å². The van der Waals surface area contributed by atoms with Gasteiger partial charge in [-0.3, -0.25) is 0 Å². The summed E-state index contributed by atoms with van der Waals surface area (Å²) in [5.74, 6) is 3.12. The van der Waals surface area contributed by atoms with Crippen molar-refractivity contribution in [1.82, 2.24) is 0 Å². The van der Waals surface area contributed by atoms with Gasteiger partial charge in [-0.25, -0.2) is 0 Å². The molecule has 1 N–H and O–H groups in total. The Kier molecular flexibility index (Phi) is 0.543. The van der Waals surface area contributed by atoms with E-state index >= 15 is 0 Å². The molecule has 1 nitrogen and oxygen atoms in total. The molecule has 0 heterocycles. The molecule has 0 amide bonds. The lowest BCUT2D eigenvalue weighted by Gasteiger charge is -1.60. The van der Waals surface area contributed by atoms with E-state index in [0.29, 0.717) is 0 Å². The monoisotopic (exact) mass is 75.1 g/mol. The minimum atomic E-state index is -2.71. The highest BCUT2D eigenvalue weighted by Crippen LogP contribution is 1.44. The second kappa shape index (κ2) is 3.52. The van der Waals surface area contributed by atoms with Crippen molar-refractivity contribution in [2.75, 3.05) is 6.56 Å². The van der Waals surface area contributed by atoms with E-state index in [1.54, 1.807) is 5.92 Å². The fraction of sp³-hybridized carbons (Fsp3) is 0.500. The first-order valence-electron chi connectivity index (χ1n) is 3.47. The molecule has 0 aliphatic heterocycles. The van der Waals surface area contributed by atoms with Gasteiger partial charge in [0.15, 0.2) is 0 Å². The highest BCUT2D eigenvalue weighted by Gasteiger charge is 1.48. The van der Waals surface area contributed by atoms with Gasteiger partial charge in [0.05, 0.1) is 2.74 Å². The lowest BCUT2D eigenvalue weighted by atomic mass is 10.6. The van der Waals surface area contributed by atoms with Crippen LogP contribution in [0.2, 0.25) is 0 Å². The summed E-state index contributed by atoms with van der Waals surface area (Å²) in [4.78, 5) is 0. The molecule has 0 aliphatic carbocycles. The Balaban J connectivity index is 4.19. The van der Waals surface area contributed by atoms with Crippen LogP contribution >= 0.6 is 0 Å². The van der Waals surface area contributed by atoms with Crippen molar-refractivity contribution in [3.8, 4) is 11.8 Å². The molecule has 0 rings (SSSR count). The van der Waals surface area contributed by atoms with E-state index in [1.807, 2.05) is 0 Å². The topological polar surface area (TPSA) is 20.2 Å². The number of rotatable bonds is 0. The second-order valence-electron chi connectivity index (χ2n) is 0.362. The predicted molar refractivity (Wildman–Crippen MR) is 20.5 cm³/mol. The molecule has 0 aliphatic rings.